The van der Waals surface area contributed by atoms with Gasteiger partial charge in [-0.2, -0.15) is 5.10 Å². The first-order valence-corrected chi connectivity index (χ1v) is 6.36. The molecule has 0 atom stereocenters. The number of carbonyl (C=O) groups is 1. The Morgan fingerprint density at radius 3 is 2.90 bits per heavy atom. The summed E-state index contributed by atoms with van der Waals surface area (Å²) in [7, 11) is 3.60. The fraction of sp³-hybridized carbons (Fsp3) is 0.385. The smallest absolute Gasteiger partial charge is 0.317 e. The zero-order valence-corrected chi connectivity index (χ0v) is 11.7. The number of aromatic nitrogens is 4. The molecule has 0 unspecified atom stereocenters. The van der Waals surface area contributed by atoms with E-state index in [0.717, 1.165) is 17.7 Å². The van der Waals surface area contributed by atoms with E-state index in [1.807, 2.05) is 13.2 Å². The molecule has 0 fully saturated rings. The highest BCUT2D eigenvalue weighted by Gasteiger charge is 2.09. The van der Waals surface area contributed by atoms with Gasteiger partial charge in [0.2, 0.25) is 0 Å². The van der Waals surface area contributed by atoms with Crippen LogP contribution in [0.3, 0.4) is 0 Å². The highest BCUT2D eigenvalue weighted by molar-refractivity contribution is 5.73. The minimum atomic E-state index is -0.125. The Labute approximate surface area is 117 Å². The molecule has 0 radical (unpaired) electrons. The second kappa shape index (κ2) is 6.65. The Balaban J connectivity index is 1.74. The second-order valence-electron chi connectivity index (χ2n) is 4.56. The third-order valence-electron chi connectivity index (χ3n) is 2.81. The fourth-order valence-corrected chi connectivity index (χ4v) is 1.78. The molecule has 2 aromatic heterocycles. The quantitative estimate of drug-likeness (QED) is 0.866. The molecular formula is C13H18N6O. The zero-order chi connectivity index (χ0) is 14.4. The Bertz CT molecular complexity index is 553. The Morgan fingerprint density at radius 2 is 2.25 bits per heavy atom. The summed E-state index contributed by atoms with van der Waals surface area (Å²) in [6.45, 7) is 1.02. The van der Waals surface area contributed by atoms with Gasteiger partial charge in [0.05, 0.1) is 24.6 Å². The first-order chi connectivity index (χ1) is 9.65. The fourth-order valence-electron chi connectivity index (χ4n) is 1.78. The topological polar surface area (TPSA) is 75.9 Å². The van der Waals surface area contributed by atoms with Crippen LogP contribution in [0.5, 0.6) is 0 Å². The van der Waals surface area contributed by atoms with Gasteiger partial charge in [-0.25, -0.2) is 4.79 Å². The summed E-state index contributed by atoms with van der Waals surface area (Å²) in [4.78, 5) is 21.6. The van der Waals surface area contributed by atoms with Gasteiger partial charge in [-0.1, -0.05) is 0 Å². The van der Waals surface area contributed by atoms with Crippen LogP contribution in [0.4, 0.5) is 4.79 Å². The van der Waals surface area contributed by atoms with Crippen LogP contribution in [0.1, 0.15) is 11.3 Å². The lowest BCUT2D eigenvalue weighted by Gasteiger charge is -2.17. The molecule has 20 heavy (non-hydrogen) atoms. The van der Waals surface area contributed by atoms with Crippen molar-refractivity contribution in [2.75, 3.05) is 13.6 Å². The van der Waals surface area contributed by atoms with Crippen molar-refractivity contribution in [2.45, 2.75) is 13.0 Å². The molecule has 7 nitrogen and oxygen atoms in total. The summed E-state index contributed by atoms with van der Waals surface area (Å²) in [5.41, 5.74) is 1.86. The van der Waals surface area contributed by atoms with E-state index in [-0.39, 0.29) is 6.03 Å². The van der Waals surface area contributed by atoms with Crippen molar-refractivity contribution >= 4 is 6.03 Å². The molecule has 0 saturated carbocycles. The van der Waals surface area contributed by atoms with E-state index >= 15 is 0 Å². The molecule has 0 aromatic carbocycles. The largest absolute Gasteiger partial charge is 0.338 e. The van der Waals surface area contributed by atoms with Crippen LogP contribution in [-0.2, 0) is 20.0 Å². The van der Waals surface area contributed by atoms with E-state index in [1.54, 1.807) is 41.4 Å². The summed E-state index contributed by atoms with van der Waals surface area (Å²) in [5, 5.41) is 6.95. The van der Waals surface area contributed by atoms with Crippen molar-refractivity contribution in [3.8, 4) is 0 Å². The van der Waals surface area contributed by atoms with Gasteiger partial charge < -0.3 is 10.2 Å². The molecule has 0 bridgehead atoms. The van der Waals surface area contributed by atoms with Crippen molar-refractivity contribution in [2.24, 2.45) is 7.05 Å². The zero-order valence-electron chi connectivity index (χ0n) is 11.7. The van der Waals surface area contributed by atoms with Crippen LogP contribution in [0.15, 0.2) is 31.0 Å². The highest BCUT2D eigenvalue weighted by atomic mass is 16.2. The number of rotatable bonds is 5. The lowest BCUT2D eigenvalue weighted by molar-refractivity contribution is 0.206. The summed E-state index contributed by atoms with van der Waals surface area (Å²) >= 11 is 0. The average molecular weight is 274 g/mol. The third-order valence-corrected chi connectivity index (χ3v) is 2.81. The van der Waals surface area contributed by atoms with Gasteiger partial charge in [0.15, 0.2) is 0 Å². The molecule has 0 aliphatic heterocycles. The van der Waals surface area contributed by atoms with Gasteiger partial charge >= 0.3 is 6.03 Å². The Hall–Kier alpha value is -2.44. The van der Waals surface area contributed by atoms with Crippen LogP contribution >= 0.6 is 0 Å². The van der Waals surface area contributed by atoms with E-state index < -0.39 is 0 Å². The van der Waals surface area contributed by atoms with Gasteiger partial charge in [0.1, 0.15) is 0 Å². The molecule has 1 N–H and O–H groups in total. The van der Waals surface area contributed by atoms with E-state index in [9.17, 15) is 4.79 Å². The number of urea groups is 1. The summed E-state index contributed by atoms with van der Waals surface area (Å²) in [5.74, 6) is 0. The van der Waals surface area contributed by atoms with Crippen LogP contribution in [0.2, 0.25) is 0 Å². The maximum atomic E-state index is 11.9. The lowest BCUT2D eigenvalue weighted by Crippen LogP contribution is -2.37. The number of nitrogens with one attached hydrogen (secondary N) is 1. The van der Waals surface area contributed by atoms with Crippen LogP contribution in [-0.4, -0.2) is 44.3 Å². The molecule has 0 spiro atoms. The average Bonchev–Trinajstić information content (AvgIpc) is 2.85. The van der Waals surface area contributed by atoms with Crippen molar-refractivity contribution in [3.05, 3.63) is 42.2 Å². The minimum Gasteiger partial charge on any atom is -0.338 e. The lowest BCUT2D eigenvalue weighted by atomic mass is 10.2. The first kappa shape index (κ1) is 14.0. The Kier molecular flexibility index (Phi) is 4.65. The number of aryl methyl sites for hydroxylation is 1. The third kappa shape index (κ3) is 4.04. The van der Waals surface area contributed by atoms with Crippen molar-refractivity contribution < 1.29 is 4.79 Å². The predicted molar refractivity (Wildman–Crippen MR) is 73.8 cm³/mol. The molecule has 2 amide bonds. The van der Waals surface area contributed by atoms with E-state index in [2.05, 4.69) is 20.4 Å². The molecule has 2 rings (SSSR count). The van der Waals surface area contributed by atoms with Gasteiger partial charge in [-0.15, -0.1) is 0 Å². The van der Waals surface area contributed by atoms with Gasteiger partial charge in [-0.05, 0) is 12.0 Å². The number of hydrogen-bond acceptors (Lipinski definition) is 4. The molecule has 0 saturated heterocycles. The number of nitrogens with zero attached hydrogens (tertiary/aromatic N) is 5. The van der Waals surface area contributed by atoms with E-state index in [4.69, 9.17) is 0 Å². The predicted octanol–water partition coefficient (Wildman–Crippen LogP) is 0.594. The first-order valence-electron chi connectivity index (χ1n) is 6.36. The SMILES string of the molecule is CN(Cc1cnccn1)C(=O)NCCc1cnn(C)c1. The maximum absolute atomic E-state index is 11.9. The maximum Gasteiger partial charge on any atom is 0.317 e. The van der Waals surface area contributed by atoms with Crippen molar-refractivity contribution in [1.29, 1.82) is 0 Å². The standard InChI is InChI=1S/C13H18N6O/c1-18(10-12-8-14-5-6-15-12)13(20)16-4-3-11-7-17-19(2)9-11/h5-9H,3-4,10H2,1-2H3,(H,16,20). The molecule has 0 aliphatic carbocycles. The summed E-state index contributed by atoms with van der Waals surface area (Å²) in [6, 6.07) is -0.125. The molecule has 106 valence electrons. The molecule has 7 heteroatoms. The van der Waals surface area contributed by atoms with Crippen LogP contribution in [0.25, 0.3) is 0 Å². The molecule has 2 heterocycles. The number of carbonyl (C=O) groups excluding carboxylic acids is 1. The molecular weight excluding hydrogens is 256 g/mol. The van der Waals surface area contributed by atoms with Crippen molar-refractivity contribution in [1.82, 2.24) is 30.0 Å². The minimum absolute atomic E-state index is 0.125. The number of amides is 2. The highest BCUT2D eigenvalue weighted by Crippen LogP contribution is 1.99. The molecule has 2 aromatic rings. The summed E-state index contributed by atoms with van der Waals surface area (Å²) < 4.78 is 1.75. The van der Waals surface area contributed by atoms with E-state index in [0.29, 0.717) is 13.1 Å². The summed E-state index contributed by atoms with van der Waals surface area (Å²) in [6.07, 6.45) is 9.38. The molecule has 0 aliphatic rings. The van der Waals surface area contributed by atoms with Crippen LogP contribution < -0.4 is 5.32 Å². The van der Waals surface area contributed by atoms with Crippen LogP contribution in [0, 0.1) is 0 Å². The monoisotopic (exact) mass is 274 g/mol. The van der Waals surface area contributed by atoms with E-state index in [1.165, 1.54) is 0 Å². The van der Waals surface area contributed by atoms with Gasteiger partial charge in [0, 0.05) is 39.2 Å². The number of hydrogen-bond donors (Lipinski definition) is 1. The van der Waals surface area contributed by atoms with Gasteiger partial charge in [0.25, 0.3) is 0 Å². The van der Waals surface area contributed by atoms with Crippen molar-refractivity contribution in [3.63, 3.8) is 0 Å². The Morgan fingerprint density at radius 1 is 1.40 bits per heavy atom. The second-order valence-corrected chi connectivity index (χ2v) is 4.56. The van der Waals surface area contributed by atoms with Gasteiger partial charge in [-0.3, -0.25) is 14.6 Å². The normalized spacial score (nSPS) is 10.3.